The van der Waals surface area contributed by atoms with Crippen LogP contribution in [0.5, 0.6) is 0 Å². The quantitative estimate of drug-likeness (QED) is 0.541. The number of rotatable bonds is 11. The maximum atomic E-state index is 13.2. The van der Waals surface area contributed by atoms with E-state index in [0.717, 1.165) is 5.56 Å². The zero-order valence-corrected chi connectivity index (χ0v) is 19.5. The summed E-state index contributed by atoms with van der Waals surface area (Å²) >= 11 is 1.59. The summed E-state index contributed by atoms with van der Waals surface area (Å²) in [5.41, 5.74) is 0.990. The van der Waals surface area contributed by atoms with Crippen molar-refractivity contribution in [2.75, 3.05) is 12.0 Å². The molecule has 1 aliphatic rings. The minimum Gasteiger partial charge on any atom is -0.345 e. The van der Waals surface area contributed by atoms with Crippen LogP contribution >= 0.6 is 11.8 Å². The van der Waals surface area contributed by atoms with Crippen LogP contribution in [0.1, 0.15) is 45.6 Å². The van der Waals surface area contributed by atoms with Crippen molar-refractivity contribution in [3.8, 4) is 0 Å². The lowest BCUT2D eigenvalue weighted by Gasteiger charge is -2.31. The first kappa shape index (κ1) is 24.9. The normalized spacial score (nSPS) is 20.3. The van der Waals surface area contributed by atoms with Gasteiger partial charge in [-0.05, 0) is 43.8 Å². The number of ketones is 1. The Labute approximate surface area is 188 Å². The van der Waals surface area contributed by atoms with E-state index in [1.165, 1.54) is 6.92 Å². The van der Waals surface area contributed by atoms with Crippen LogP contribution in [0.15, 0.2) is 30.3 Å². The van der Waals surface area contributed by atoms with E-state index in [1.54, 1.807) is 23.6 Å². The van der Waals surface area contributed by atoms with Crippen molar-refractivity contribution in [1.82, 2.24) is 15.5 Å². The molecule has 0 aromatic heterocycles. The molecule has 170 valence electrons. The third kappa shape index (κ3) is 6.82. The number of nitrogens with zero attached hydrogens (tertiary/aromatic N) is 1. The average molecular weight is 448 g/mol. The Balaban J connectivity index is 2.14. The molecule has 4 unspecified atom stereocenters. The van der Waals surface area contributed by atoms with Crippen LogP contribution in [0.3, 0.4) is 0 Å². The van der Waals surface area contributed by atoms with Gasteiger partial charge in [0.25, 0.3) is 0 Å². The summed E-state index contributed by atoms with van der Waals surface area (Å²) < 4.78 is 0. The molecule has 0 saturated carbocycles. The maximum Gasteiger partial charge on any atom is 0.246 e. The Kier molecular flexibility index (Phi) is 9.55. The Hall–Kier alpha value is -2.35. The number of carbonyl (C=O) groups excluding carboxylic acids is 4. The highest BCUT2D eigenvalue weighted by Crippen LogP contribution is 2.25. The van der Waals surface area contributed by atoms with E-state index in [1.807, 2.05) is 43.5 Å². The second kappa shape index (κ2) is 11.9. The van der Waals surface area contributed by atoms with Crippen LogP contribution < -0.4 is 10.6 Å². The number of hydrogen-bond donors (Lipinski definition) is 2. The van der Waals surface area contributed by atoms with Crippen molar-refractivity contribution in [1.29, 1.82) is 0 Å². The van der Waals surface area contributed by atoms with Crippen LogP contribution in [0.25, 0.3) is 0 Å². The largest absolute Gasteiger partial charge is 0.345 e. The fraction of sp³-hybridized carbons (Fsp3) is 0.565. The number of benzene rings is 1. The summed E-state index contributed by atoms with van der Waals surface area (Å²) in [5.74, 6) is -0.172. The van der Waals surface area contributed by atoms with Crippen molar-refractivity contribution < 1.29 is 19.2 Å². The van der Waals surface area contributed by atoms with Gasteiger partial charge < -0.3 is 15.5 Å². The van der Waals surface area contributed by atoms with Crippen molar-refractivity contribution >= 4 is 35.3 Å². The highest BCUT2D eigenvalue weighted by Gasteiger charge is 2.43. The second-order valence-electron chi connectivity index (χ2n) is 7.95. The molecule has 31 heavy (non-hydrogen) atoms. The maximum absolute atomic E-state index is 13.2. The van der Waals surface area contributed by atoms with E-state index in [2.05, 4.69) is 10.6 Å². The predicted octanol–water partition coefficient (Wildman–Crippen LogP) is 1.94. The van der Waals surface area contributed by atoms with Crippen molar-refractivity contribution in [3.05, 3.63) is 35.9 Å². The average Bonchev–Trinajstić information content (AvgIpc) is 3.02. The fourth-order valence-corrected chi connectivity index (χ4v) is 4.47. The number of amides is 3. The SMILES string of the molecule is CCC(=O)C(Cc1ccccc1)N1C(=O)C(NC(=O)C(CCSC)NC(C)=O)CC1C. The van der Waals surface area contributed by atoms with Gasteiger partial charge >= 0.3 is 0 Å². The summed E-state index contributed by atoms with van der Waals surface area (Å²) in [6, 6.07) is 7.53. The minimum atomic E-state index is -0.698. The smallest absolute Gasteiger partial charge is 0.246 e. The summed E-state index contributed by atoms with van der Waals surface area (Å²) in [6.07, 6.45) is 3.64. The van der Waals surface area contributed by atoms with Crippen LogP contribution in [0.4, 0.5) is 0 Å². The second-order valence-corrected chi connectivity index (χ2v) is 8.94. The van der Waals surface area contributed by atoms with Gasteiger partial charge in [0.1, 0.15) is 12.1 Å². The van der Waals surface area contributed by atoms with Crippen LogP contribution in [0, 0.1) is 0 Å². The highest BCUT2D eigenvalue weighted by atomic mass is 32.2. The zero-order chi connectivity index (χ0) is 23.0. The van der Waals surface area contributed by atoms with Gasteiger partial charge in [-0.3, -0.25) is 19.2 Å². The van der Waals surface area contributed by atoms with Crippen LogP contribution in [-0.4, -0.2) is 64.6 Å². The standard InChI is InChI=1S/C23H33N3O4S/c1-5-21(28)20(14-17-9-7-6-8-10-17)26-15(2)13-19(23(26)30)25-22(29)18(11-12-31-4)24-16(3)27/h6-10,15,18-20H,5,11-14H2,1-4H3,(H,24,27)(H,25,29). The lowest BCUT2D eigenvalue weighted by Crippen LogP contribution is -2.53. The molecule has 1 fully saturated rings. The number of likely N-dealkylation sites (tertiary alicyclic amines) is 1. The molecule has 0 spiro atoms. The molecule has 3 amide bonds. The van der Waals surface area contributed by atoms with E-state index in [9.17, 15) is 19.2 Å². The number of thioether (sulfide) groups is 1. The number of nitrogens with one attached hydrogen (secondary N) is 2. The Bertz CT molecular complexity index is 786. The van der Waals surface area contributed by atoms with Crippen molar-refractivity contribution in [2.45, 2.75) is 70.6 Å². The molecule has 1 aliphatic heterocycles. The van der Waals surface area contributed by atoms with Gasteiger partial charge in [0.2, 0.25) is 17.7 Å². The Morgan fingerprint density at radius 2 is 1.90 bits per heavy atom. The monoisotopic (exact) mass is 447 g/mol. The molecule has 0 aliphatic carbocycles. The van der Waals surface area contributed by atoms with Crippen LogP contribution in [0.2, 0.25) is 0 Å². The summed E-state index contributed by atoms with van der Waals surface area (Å²) in [6.45, 7) is 5.08. The Morgan fingerprint density at radius 1 is 1.23 bits per heavy atom. The number of hydrogen-bond acceptors (Lipinski definition) is 5. The Morgan fingerprint density at radius 3 is 2.48 bits per heavy atom. The van der Waals surface area contributed by atoms with Crippen molar-refractivity contribution in [2.24, 2.45) is 0 Å². The van der Waals surface area contributed by atoms with E-state index in [-0.39, 0.29) is 29.5 Å². The molecule has 1 saturated heterocycles. The molecule has 1 aromatic rings. The van der Waals surface area contributed by atoms with E-state index in [0.29, 0.717) is 31.4 Å². The molecular weight excluding hydrogens is 414 g/mol. The molecule has 4 atom stereocenters. The molecule has 2 N–H and O–H groups in total. The molecule has 0 bridgehead atoms. The number of Topliss-reactive ketones (excluding diaryl/α,β-unsaturated/α-hetero) is 1. The molecule has 1 heterocycles. The first-order valence-electron chi connectivity index (χ1n) is 10.7. The minimum absolute atomic E-state index is 0.00660. The van der Waals surface area contributed by atoms with Gasteiger partial charge in [-0.15, -0.1) is 0 Å². The third-order valence-corrected chi connectivity index (χ3v) is 6.20. The van der Waals surface area contributed by atoms with Gasteiger partial charge in [-0.25, -0.2) is 0 Å². The van der Waals surface area contributed by atoms with Gasteiger partial charge in [-0.1, -0.05) is 37.3 Å². The zero-order valence-electron chi connectivity index (χ0n) is 18.7. The highest BCUT2D eigenvalue weighted by molar-refractivity contribution is 7.98. The van der Waals surface area contributed by atoms with E-state index < -0.39 is 18.1 Å². The fourth-order valence-electron chi connectivity index (χ4n) is 4.00. The number of carbonyl (C=O) groups is 4. The first-order valence-corrected chi connectivity index (χ1v) is 12.1. The van der Waals surface area contributed by atoms with Gasteiger partial charge in [-0.2, -0.15) is 11.8 Å². The topological polar surface area (TPSA) is 95.6 Å². The first-order chi connectivity index (χ1) is 14.8. The summed E-state index contributed by atoms with van der Waals surface area (Å²) in [7, 11) is 0. The van der Waals surface area contributed by atoms with Gasteiger partial charge in [0.15, 0.2) is 5.78 Å². The molecule has 2 rings (SSSR count). The van der Waals surface area contributed by atoms with Crippen molar-refractivity contribution in [3.63, 3.8) is 0 Å². The van der Waals surface area contributed by atoms with E-state index >= 15 is 0 Å². The lowest BCUT2D eigenvalue weighted by atomic mass is 9.99. The molecule has 7 nitrogen and oxygen atoms in total. The lowest BCUT2D eigenvalue weighted by molar-refractivity contribution is -0.140. The molecule has 1 aromatic carbocycles. The summed E-state index contributed by atoms with van der Waals surface area (Å²) in [4.78, 5) is 51.9. The third-order valence-electron chi connectivity index (χ3n) is 5.55. The molecular formula is C23H33N3O4S. The summed E-state index contributed by atoms with van der Waals surface area (Å²) in [5, 5.41) is 5.48. The predicted molar refractivity (Wildman–Crippen MR) is 123 cm³/mol. The van der Waals surface area contributed by atoms with Gasteiger partial charge in [0.05, 0.1) is 6.04 Å². The van der Waals surface area contributed by atoms with E-state index in [4.69, 9.17) is 0 Å². The molecule has 0 radical (unpaired) electrons. The van der Waals surface area contributed by atoms with Gasteiger partial charge in [0, 0.05) is 19.4 Å². The van der Waals surface area contributed by atoms with Crippen LogP contribution in [-0.2, 0) is 25.6 Å². The molecule has 8 heteroatoms.